The number of guanidine groups is 1. The SMILES string of the molecule is CN=C(NCc1ccoc1)NCC1CCN(c2cccc(Br)c2)C1.I. The highest BCUT2D eigenvalue weighted by atomic mass is 127. The highest BCUT2D eigenvalue weighted by Crippen LogP contribution is 2.25. The molecule has 0 amide bonds. The Bertz CT molecular complexity index is 677. The predicted octanol–water partition coefficient (Wildman–Crippen LogP) is 3.85. The molecule has 7 heteroatoms. The molecule has 0 spiro atoms. The van der Waals surface area contributed by atoms with Gasteiger partial charge >= 0.3 is 0 Å². The number of nitrogens with zero attached hydrogens (tertiary/aromatic N) is 2. The van der Waals surface area contributed by atoms with Crippen molar-refractivity contribution in [1.82, 2.24) is 10.6 Å². The van der Waals surface area contributed by atoms with E-state index in [0.29, 0.717) is 12.5 Å². The Morgan fingerprint density at radius 1 is 1.36 bits per heavy atom. The summed E-state index contributed by atoms with van der Waals surface area (Å²) in [6.45, 7) is 3.81. The number of hydrogen-bond donors (Lipinski definition) is 2. The summed E-state index contributed by atoms with van der Waals surface area (Å²) in [4.78, 5) is 6.72. The van der Waals surface area contributed by atoms with Crippen molar-refractivity contribution in [1.29, 1.82) is 0 Å². The average molecular weight is 519 g/mol. The first kappa shape index (κ1) is 20.1. The molecule has 0 radical (unpaired) electrons. The fraction of sp³-hybridized carbons (Fsp3) is 0.389. The molecule has 1 fully saturated rings. The van der Waals surface area contributed by atoms with Crippen molar-refractivity contribution in [2.75, 3.05) is 31.6 Å². The van der Waals surface area contributed by atoms with Gasteiger partial charge < -0.3 is 20.0 Å². The lowest BCUT2D eigenvalue weighted by atomic mass is 10.1. The second kappa shape index (κ2) is 10.1. The van der Waals surface area contributed by atoms with E-state index in [1.54, 1.807) is 19.6 Å². The maximum absolute atomic E-state index is 5.07. The van der Waals surface area contributed by atoms with Gasteiger partial charge in [0.25, 0.3) is 0 Å². The topological polar surface area (TPSA) is 52.8 Å². The lowest BCUT2D eigenvalue weighted by molar-refractivity contribution is 0.559. The summed E-state index contributed by atoms with van der Waals surface area (Å²) in [6.07, 6.45) is 4.62. The second-order valence-corrected chi connectivity index (χ2v) is 6.93. The zero-order valence-electron chi connectivity index (χ0n) is 14.2. The molecule has 1 unspecified atom stereocenters. The molecule has 1 saturated heterocycles. The van der Waals surface area contributed by atoms with E-state index < -0.39 is 0 Å². The Morgan fingerprint density at radius 2 is 2.24 bits per heavy atom. The molecule has 0 aliphatic carbocycles. The first-order valence-electron chi connectivity index (χ1n) is 8.20. The molecule has 1 aliphatic heterocycles. The van der Waals surface area contributed by atoms with E-state index in [1.807, 2.05) is 6.07 Å². The molecular formula is C18H24BrIN4O. The minimum absolute atomic E-state index is 0. The van der Waals surface area contributed by atoms with Gasteiger partial charge in [0.05, 0.1) is 12.5 Å². The third-order valence-electron chi connectivity index (χ3n) is 4.28. The summed E-state index contributed by atoms with van der Waals surface area (Å²) in [5, 5.41) is 6.73. The molecule has 25 heavy (non-hydrogen) atoms. The molecule has 2 heterocycles. The molecule has 5 nitrogen and oxygen atoms in total. The van der Waals surface area contributed by atoms with Gasteiger partial charge in [0.1, 0.15) is 0 Å². The largest absolute Gasteiger partial charge is 0.472 e. The van der Waals surface area contributed by atoms with E-state index in [-0.39, 0.29) is 24.0 Å². The van der Waals surface area contributed by atoms with Crippen LogP contribution in [0.2, 0.25) is 0 Å². The number of rotatable bonds is 5. The lowest BCUT2D eigenvalue weighted by Gasteiger charge is -2.19. The smallest absolute Gasteiger partial charge is 0.191 e. The van der Waals surface area contributed by atoms with Gasteiger partial charge in [0, 0.05) is 49.0 Å². The number of aliphatic imine (C=N–C) groups is 1. The third kappa shape index (κ3) is 5.91. The number of hydrogen-bond acceptors (Lipinski definition) is 3. The summed E-state index contributed by atoms with van der Waals surface area (Å²) in [6, 6.07) is 10.5. The average Bonchev–Trinajstić information content (AvgIpc) is 3.27. The Hall–Kier alpha value is -1.22. The van der Waals surface area contributed by atoms with Gasteiger partial charge in [-0.15, -0.1) is 24.0 Å². The number of benzene rings is 1. The minimum Gasteiger partial charge on any atom is -0.472 e. The highest BCUT2D eigenvalue weighted by molar-refractivity contribution is 14.0. The van der Waals surface area contributed by atoms with Crippen LogP contribution in [0.1, 0.15) is 12.0 Å². The summed E-state index contributed by atoms with van der Waals surface area (Å²) in [7, 11) is 1.80. The highest BCUT2D eigenvalue weighted by Gasteiger charge is 2.22. The van der Waals surface area contributed by atoms with Crippen molar-refractivity contribution in [3.8, 4) is 0 Å². The third-order valence-corrected chi connectivity index (χ3v) is 4.77. The first-order chi connectivity index (χ1) is 11.7. The molecule has 1 aliphatic rings. The minimum atomic E-state index is 0. The normalized spacial score (nSPS) is 17.3. The molecule has 1 aromatic heterocycles. The quantitative estimate of drug-likeness (QED) is 0.358. The van der Waals surface area contributed by atoms with E-state index in [2.05, 4.69) is 60.7 Å². The standard InChI is InChI=1S/C18H23BrN4O.HI/c1-20-18(22-11-15-6-8-24-13-15)21-10-14-5-7-23(12-14)17-4-2-3-16(19)9-17;/h2-4,6,8-9,13-14H,5,7,10-12H2,1H3,(H2,20,21,22);1H. The maximum Gasteiger partial charge on any atom is 0.191 e. The monoisotopic (exact) mass is 518 g/mol. The van der Waals surface area contributed by atoms with Crippen molar-refractivity contribution in [3.63, 3.8) is 0 Å². The van der Waals surface area contributed by atoms with E-state index >= 15 is 0 Å². The van der Waals surface area contributed by atoms with Crippen molar-refractivity contribution in [2.45, 2.75) is 13.0 Å². The molecule has 0 bridgehead atoms. The van der Waals surface area contributed by atoms with E-state index in [4.69, 9.17) is 4.42 Å². The molecule has 2 aromatic rings. The summed E-state index contributed by atoms with van der Waals surface area (Å²) >= 11 is 3.55. The predicted molar refractivity (Wildman–Crippen MR) is 117 cm³/mol. The zero-order valence-corrected chi connectivity index (χ0v) is 18.2. The van der Waals surface area contributed by atoms with Crippen LogP contribution in [0.3, 0.4) is 0 Å². The van der Waals surface area contributed by atoms with Crippen LogP contribution in [0, 0.1) is 5.92 Å². The van der Waals surface area contributed by atoms with Crippen LogP contribution < -0.4 is 15.5 Å². The Labute approximate surface area is 174 Å². The number of anilines is 1. The van der Waals surface area contributed by atoms with Gasteiger partial charge in [0.15, 0.2) is 5.96 Å². The van der Waals surface area contributed by atoms with Crippen LogP contribution in [-0.4, -0.2) is 32.6 Å². The van der Waals surface area contributed by atoms with Crippen LogP contribution in [0.4, 0.5) is 5.69 Å². The molecule has 2 N–H and O–H groups in total. The van der Waals surface area contributed by atoms with Crippen LogP contribution in [-0.2, 0) is 6.54 Å². The maximum atomic E-state index is 5.07. The summed E-state index contributed by atoms with van der Waals surface area (Å²) in [5.41, 5.74) is 2.40. The van der Waals surface area contributed by atoms with Crippen molar-refractivity contribution in [3.05, 3.63) is 52.9 Å². The van der Waals surface area contributed by atoms with E-state index in [9.17, 15) is 0 Å². The van der Waals surface area contributed by atoms with Gasteiger partial charge in [-0.2, -0.15) is 0 Å². The van der Waals surface area contributed by atoms with Gasteiger partial charge in [0.2, 0.25) is 0 Å². The molecule has 1 aromatic carbocycles. The fourth-order valence-electron chi connectivity index (χ4n) is 2.95. The van der Waals surface area contributed by atoms with E-state index in [0.717, 1.165) is 35.6 Å². The Balaban J connectivity index is 0.00000225. The molecular weight excluding hydrogens is 495 g/mol. The molecule has 3 rings (SSSR count). The number of furan rings is 1. The molecule has 1 atom stereocenters. The number of halogens is 2. The van der Waals surface area contributed by atoms with Crippen molar-refractivity contribution in [2.24, 2.45) is 10.9 Å². The fourth-order valence-corrected chi connectivity index (χ4v) is 3.33. The van der Waals surface area contributed by atoms with E-state index in [1.165, 1.54) is 12.1 Å². The molecule has 0 saturated carbocycles. The Morgan fingerprint density at radius 3 is 2.96 bits per heavy atom. The summed E-state index contributed by atoms with van der Waals surface area (Å²) in [5.74, 6) is 1.45. The lowest BCUT2D eigenvalue weighted by Crippen LogP contribution is -2.39. The van der Waals surface area contributed by atoms with Crippen molar-refractivity contribution < 1.29 is 4.42 Å². The van der Waals surface area contributed by atoms with Gasteiger partial charge in [-0.3, -0.25) is 4.99 Å². The number of nitrogens with one attached hydrogen (secondary N) is 2. The van der Waals surface area contributed by atoms with Crippen LogP contribution in [0.25, 0.3) is 0 Å². The second-order valence-electron chi connectivity index (χ2n) is 6.02. The Kier molecular flexibility index (Phi) is 8.08. The van der Waals surface area contributed by atoms with Crippen molar-refractivity contribution >= 4 is 51.6 Å². The molecule has 136 valence electrons. The van der Waals surface area contributed by atoms with Gasteiger partial charge in [-0.25, -0.2) is 0 Å². The van der Waals surface area contributed by atoms with Gasteiger partial charge in [-0.05, 0) is 36.6 Å². The van der Waals surface area contributed by atoms with Crippen LogP contribution in [0.15, 0.2) is 56.7 Å². The van der Waals surface area contributed by atoms with Crippen LogP contribution >= 0.6 is 39.9 Å². The summed E-state index contributed by atoms with van der Waals surface area (Å²) < 4.78 is 6.20. The first-order valence-corrected chi connectivity index (χ1v) is 9.00. The van der Waals surface area contributed by atoms with Crippen LogP contribution in [0.5, 0.6) is 0 Å². The zero-order chi connectivity index (χ0) is 16.8. The van der Waals surface area contributed by atoms with Gasteiger partial charge in [-0.1, -0.05) is 22.0 Å².